The molecule has 1 fully saturated rings. The molecule has 0 aromatic heterocycles. The minimum Gasteiger partial charge on any atom is -0.493 e. The minimum absolute atomic E-state index is 0.469. The van der Waals surface area contributed by atoms with Crippen molar-refractivity contribution in [1.82, 2.24) is 0 Å². The van der Waals surface area contributed by atoms with Crippen molar-refractivity contribution in [2.24, 2.45) is 0 Å². The summed E-state index contributed by atoms with van der Waals surface area (Å²) in [4.78, 5) is 0. The second-order valence-electron chi connectivity index (χ2n) is 4.69. The average Bonchev–Trinajstić information content (AvgIpc) is 3.06. The van der Waals surface area contributed by atoms with Gasteiger partial charge in [0.2, 0.25) is 0 Å². The maximum absolute atomic E-state index is 10.0. The molecule has 0 atom stereocenters. The highest BCUT2D eigenvalue weighted by Crippen LogP contribution is 2.41. The Morgan fingerprint density at radius 2 is 1.94 bits per heavy atom. The van der Waals surface area contributed by atoms with Gasteiger partial charge in [0.1, 0.15) is 0 Å². The zero-order valence-corrected chi connectivity index (χ0v) is 10.7. The lowest BCUT2D eigenvalue weighted by molar-refractivity contribution is 0.150. The van der Waals surface area contributed by atoms with Crippen LogP contribution >= 0.6 is 0 Å². The fourth-order valence-corrected chi connectivity index (χ4v) is 2.26. The Bertz CT molecular complexity index is 408. The fraction of sp³-hybridized carbons (Fsp3) is 0.571. The Hall–Kier alpha value is -1.22. The monoisotopic (exact) mass is 236 g/mol. The highest BCUT2D eigenvalue weighted by Gasteiger charge is 2.40. The van der Waals surface area contributed by atoms with Gasteiger partial charge >= 0.3 is 0 Å². The summed E-state index contributed by atoms with van der Waals surface area (Å²) in [5, 5.41) is 10.0. The molecule has 1 aromatic carbocycles. The van der Waals surface area contributed by atoms with E-state index >= 15 is 0 Å². The third-order valence-corrected chi connectivity index (χ3v) is 3.45. The molecule has 0 amide bonds. The van der Waals surface area contributed by atoms with Crippen molar-refractivity contribution in [1.29, 1.82) is 0 Å². The molecule has 0 radical (unpaired) electrons. The second-order valence-corrected chi connectivity index (χ2v) is 4.69. The Kier molecular flexibility index (Phi) is 3.29. The summed E-state index contributed by atoms with van der Waals surface area (Å²) < 4.78 is 10.7. The lowest BCUT2D eigenvalue weighted by atomic mass is 9.97. The molecule has 0 unspecified atom stereocenters. The molecule has 17 heavy (non-hydrogen) atoms. The third kappa shape index (κ3) is 2.39. The normalized spacial score (nSPS) is 16.7. The van der Waals surface area contributed by atoms with Crippen LogP contribution in [0.4, 0.5) is 0 Å². The first-order chi connectivity index (χ1) is 8.13. The van der Waals surface area contributed by atoms with E-state index in [1.807, 2.05) is 12.1 Å². The van der Waals surface area contributed by atoms with Crippen LogP contribution in [0, 0.1) is 0 Å². The van der Waals surface area contributed by atoms with E-state index in [-0.39, 0.29) is 0 Å². The van der Waals surface area contributed by atoms with Crippen LogP contribution in [-0.4, -0.2) is 24.9 Å². The molecule has 1 aliphatic rings. The summed E-state index contributed by atoms with van der Waals surface area (Å²) >= 11 is 0. The first-order valence-electron chi connectivity index (χ1n) is 6.08. The number of aliphatic hydroxyl groups is 1. The Labute approximate surface area is 102 Å². The van der Waals surface area contributed by atoms with E-state index in [0.29, 0.717) is 0 Å². The van der Waals surface area contributed by atoms with Crippen molar-refractivity contribution in [2.75, 3.05) is 14.2 Å². The zero-order chi connectivity index (χ0) is 12.5. The van der Waals surface area contributed by atoms with Gasteiger partial charge in [-0.1, -0.05) is 13.0 Å². The van der Waals surface area contributed by atoms with Crippen molar-refractivity contribution in [3.8, 4) is 11.5 Å². The van der Waals surface area contributed by atoms with Crippen LogP contribution in [0.15, 0.2) is 12.1 Å². The molecule has 0 bridgehead atoms. The second kappa shape index (κ2) is 4.57. The SMILES string of the molecule is CCc1c(CC2(O)CC2)ccc(OC)c1OC. The molecular formula is C14H20O3. The molecule has 2 rings (SSSR count). The van der Waals surface area contributed by atoms with Gasteiger partial charge in [0.15, 0.2) is 11.5 Å². The van der Waals surface area contributed by atoms with Gasteiger partial charge in [-0.15, -0.1) is 0 Å². The van der Waals surface area contributed by atoms with Gasteiger partial charge in [0.05, 0.1) is 19.8 Å². The van der Waals surface area contributed by atoms with Crippen LogP contribution in [0.1, 0.15) is 30.9 Å². The molecule has 1 N–H and O–H groups in total. The van der Waals surface area contributed by atoms with E-state index in [9.17, 15) is 5.11 Å². The number of methoxy groups -OCH3 is 2. The Balaban J connectivity index is 2.38. The van der Waals surface area contributed by atoms with Crippen LogP contribution in [0.2, 0.25) is 0 Å². The topological polar surface area (TPSA) is 38.7 Å². The maximum Gasteiger partial charge on any atom is 0.164 e. The quantitative estimate of drug-likeness (QED) is 0.852. The third-order valence-electron chi connectivity index (χ3n) is 3.45. The van der Waals surface area contributed by atoms with Gasteiger partial charge in [-0.3, -0.25) is 0 Å². The Morgan fingerprint density at radius 3 is 2.41 bits per heavy atom. The summed E-state index contributed by atoms with van der Waals surface area (Å²) in [7, 11) is 3.30. The highest BCUT2D eigenvalue weighted by molar-refractivity contribution is 5.51. The molecule has 3 heteroatoms. The summed E-state index contributed by atoms with van der Waals surface area (Å²) in [5.41, 5.74) is 1.85. The zero-order valence-electron chi connectivity index (χ0n) is 10.7. The van der Waals surface area contributed by atoms with Gasteiger partial charge in [-0.2, -0.15) is 0 Å². The molecule has 0 spiro atoms. The van der Waals surface area contributed by atoms with E-state index in [4.69, 9.17) is 9.47 Å². The van der Waals surface area contributed by atoms with Gasteiger partial charge in [-0.05, 0) is 30.9 Å². The van der Waals surface area contributed by atoms with Crippen LogP contribution < -0.4 is 9.47 Å². The largest absolute Gasteiger partial charge is 0.493 e. The molecule has 1 saturated carbocycles. The Morgan fingerprint density at radius 1 is 1.24 bits per heavy atom. The van der Waals surface area contributed by atoms with Crippen LogP contribution in [-0.2, 0) is 12.8 Å². The standard InChI is InChI=1S/C14H20O3/c1-4-11-10(9-14(15)7-8-14)5-6-12(16-2)13(11)17-3/h5-6,15H,4,7-9H2,1-3H3. The van der Waals surface area contributed by atoms with E-state index in [2.05, 4.69) is 6.92 Å². The van der Waals surface area contributed by atoms with Crippen LogP contribution in [0.25, 0.3) is 0 Å². The van der Waals surface area contributed by atoms with Gasteiger partial charge < -0.3 is 14.6 Å². The summed E-state index contributed by atoms with van der Waals surface area (Å²) in [5.74, 6) is 1.56. The predicted molar refractivity (Wildman–Crippen MR) is 66.8 cm³/mol. The van der Waals surface area contributed by atoms with Crippen molar-refractivity contribution >= 4 is 0 Å². The number of rotatable bonds is 5. The fourth-order valence-electron chi connectivity index (χ4n) is 2.26. The summed E-state index contributed by atoms with van der Waals surface area (Å²) in [6.45, 7) is 2.09. The van der Waals surface area contributed by atoms with E-state index in [1.54, 1.807) is 14.2 Å². The van der Waals surface area contributed by atoms with Crippen LogP contribution in [0.5, 0.6) is 11.5 Å². The van der Waals surface area contributed by atoms with E-state index < -0.39 is 5.60 Å². The average molecular weight is 236 g/mol. The molecule has 1 aliphatic carbocycles. The van der Waals surface area contributed by atoms with Crippen molar-refractivity contribution in [2.45, 2.75) is 38.2 Å². The number of benzene rings is 1. The molecular weight excluding hydrogens is 216 g/mol. The molecule has 0 aliphatic heterocycles. The van der Waals surface area contributed by atoms with Gasteiger partial charge in [0, 0.05) is 12.0 Å². The number of hydrogen-bond donors (Lipinski definition) is 1. The first kappa shape index (κ1) is 12.2. The number of hydrogen-bond acceptors (Lipinski definition) is 3. The molecule has 1 aromatic rings. The van der Waals surface area contributed by atoms with Gasteiger partial charge in [-0.25, -0.2) is 0 Å². The van der Waals surface area contributed by atoms with Crippen molar-refractivity contribution in [3.63, 3.8) is 0 Å². The minimum atomic E-state index is -0.469. The molecule has 0 saturated heterocycles. The first-order valence-corrected chi connectivity index (χ1v) is 6.08. The molecule has 0 heterocycles. The predicted octanol–water partition coefficient (Wildman–Crippen LogP) is 2.33. The maximum atomic E-state index is 10.0. The van der Waals surface area contributed by atoms with E-state index in [1.165, 1.54) is 5.56 Å². The lowest BCUT2D eigenvalue weighted by Gasteiger charge is -2.17. The molecule has 94 valence electrons. The lowest BCUT2D eigenvalue weighted by Crippen LogP contribution is -2.13. The smallest absolute Gasteiger partial charge is 0.164 e. The van der Waals surface area contributed by atoms with Crippen molar-refractivity contribution in [3.05, 3.63) is 23.3 Å². The van der Waals surface area contributed by atoms with E-state index in [0.717, 1.165) is 42.7 Å². The number of ether oxygens (including phenoxy) is 2. The summed E-state index contributed by atoms with van der Waals surface area (Å²) in [6, 6.07) is 3.95. The van der Waals surface area contributed by atoms with Crippen molar-refractivity contribution < 1.29 is 14.6 Å². The summed E-state index contributed by atoms with van der Waals surface area (Å²) in [6.07, 6.45) is 3.41. The van der Waals surface area contributed by atoms with Gasteiger partial charge in [0.25, 0.3) is 0 Å². The molecule has 3 nitrogen and oxygen atoms in total. The van der Waals surface area contributed by atoms with Crippen LogP contribution in [0.3, 0.4) is 0 Å². The highest BCUT2D eigenvalue weighted by atomic mass is 16.5.